The van der Waals surface area contributed by atoms with Crippen LogP contribution in [0.2, 0.25) is 0 Å². The predicted molar refractivity (Wildman–Crippen MR) is 95.3 cm³/mol. The molecule has 2 aromatic rings. The number of rotatable bonds is 7. The highest BCUT2D eigenvalue weighted by Crippen LogP contribution is 2.08. The Hall–Kier alpha value is -2.37. The summed E-state index contributed by atoms with van der Waals surface area (Å²) in [5, 5.41) is 15.0. The molecular formula is C19H25N3O2. The van der Waals surface area contributed by atoms with Gasteiger partial charge in [0.15, 0.2) is 0 Å². The molecule has 5 heteroatoms. The Bertz CT molecular complexity index is 671. The first kappa shape index (κ1) is 18.0. The van der Waals surface area contributed by atoms with Crippen LogP contribution in [-0.2, 0) is 26.2 Å². The van der Waals surface area contributed by atoms with E-state index in [2.05, 4.69) is 27.7 Å². The average molecular weight is 327 g/mol. The number of carbonyl (C=O) groups excluding carboxylic acids is 1. The van der Waals surface area contributed by atoms with Crippen LogP contribution in [0.3, 0.4) is 0 Å². The molecule has 0 aliphatic rings. The quantitative estimate of drug-likeness (QED) is 0.731. The molecule has 0 saturated heterocycles. The molecule has 0 radical (unpaired) electrons. The van der Waals surface area contributed by atoms with Crippen LogP contribution < -0.4 is 10.6 Å². The van der Waals surface area contributed by atoms with Crippen molar-refractivity contribution < 1.29 is 9.90 Å². The molecule has 0 aliphatic carbocycles. The second-order valence-electron chi connectivity index (χ2n) is 6.02. The lowest BCUT2D eigenvalue weighted by atomic mass is 10.1. The first-order valence-electron chi connectivity index (χ1n) is 8.00. The Morgan fingerprint density at radius 3 is 2.33 bits per heavy atom. The van der Waals surface area contributed by atoms with E-state index in [1.807, 2.05) is 50.5 Å². The van der Waals surface area contributed by atoms with Gasteiger partial charge < -0.3 is 20.6 Å². The van der Waals surface area contributed by atoms with Crippen molar-refractivity contribution >= 4 is 6.03 Å². The van der Waals surface area contributed by atoms with Gasteiger partial charge >= 0.3 is 6.03 Å². The summed E-state index contributed by atoms with van der Waals surface area (Å²) in [6.45, 7) is 1.72. The van der Waals surface area contributed by atoms with E-state index >= 15 is 0 Å². The summed E-state index contributed by atoms with van der Waals surface area (Å²) in [6, 6.07) is 15.5. The molecule has 0 bridgehead atoms. The van der Waals surface area contributed by atoms with E-state index in [0.717, 1.165) is 23.2 Å². The molecule has 2 aromatic carbocycles. The number of urea groups is 1. The molecule has 0 aliphatic heterocycles. The van der Waals surface area contributed by atoms with Crippen molar-refractivity contribution in [2.45, 2.75) is 26.2 Å². The maximum Gasteiger partial charge on any atom is 0.315 e. The Morgan fingerprint density at radius 1 is 0.958 bits per heavy atom. The number of nitrogens with one attached hydrogen (secondary N) is 2. The van der Waals surface area contributed by atoms with Crippen LogP contribution in [0, 0.1) is 0 Å². The van der Waals surface area contributed by atoms with Gasteiger partial charge in [-0.05, 0) is 36.3 Å². The topological polar surface area (TPSA) is 64.6 Å². The van der Waals surface area contributed by atoms with Gasteiger partial charge in [0.2, 0.25) is 0 Å². The van der Waals surface area contributed by atoms with Crippen LogP contribution in [-0.4, -0.2) is 30.1 Å². The third kappa shape index (κ3) is 5.68. The van der Waals surface area contributed by atoms with Crippen LogP contribution in [0.15, 0.2) is 48.5 Å². The van der Waals surface area contributed by atoms with E-state index in [0.29, 0.717) is 13.1 Å². The molecular weight excluding hydrogens is 302 g/mol. The molecule has 0 spiro atoms. The van der Waals surface area contributed by atoms with E-state index in [-0.39, 0.29) is 12.6 Å². The molecule has 0 saturated carbocycles. The second kappa shape index (κ2) is 9.05. The molecule has 3 N–H and O–H groups in total. The van der Waals surface area contributed by atoms with Crippen LogP contribution >= 0.6 is 0 Å². The van der Waals surface area contributed by atoms with Crippen molar-refractivity contribution in [2.24, 2.45) is 0 Å². The predicted octanol–water partition coefficient (Wildman–Crippen LogP) is 2.24. The summed E-state index contributed by atoms with van der Waals surface area (Å²) in [4.78, 5) is 14.1. The summed E-state index contributed by atoms with van der Waals surface area (Å²) in [5.74, 6) is 0. The normalized spacial score (nSPS) is 10.7. The van der Waals surface area contributed by atoms with Gasteiger partial charge in [0.25, 0.3) is 0 Å². The van der Waals surface area contributed by atoms with Crippen molar-refractivity contribution in [3.05, 3.63) is 70.8 Å². The van der Waals surface area contributed by atoms with Gasteiger partial charge in [-0.1, -0.05) is 48.5 Å². The fourth-order valence-corrected chi connectivity index (χ4v) is 2.51. The van der Waals surface area contributed by atoms with Gasteiger partial charge in [-0.2, -0.15) is 0 Å². The van der Waals surface area contributed by atoms with E-state index in [9.17, 15) is 9.90 Å². The lowest BCUT2D eigenvalue weighted by Gasteiger charge is -2.12. The van der Waals surface area contributed by atoms with Gasteiger partial charge in [0, 0.05) is 19.6 Å². The van der Waals surface area contributed by atoms with Crippen molar-refractivity contribution in [2.75, 3.05) is 14.1 Å². The number of amides is 2. The highest BCUT2D eigenvalue weighted by atomic mass is 16.3. The lowest BCUT2D eigenvalue weighted by Crippen LogP contribution is -2.34. The molecule has 24 heavy (non-hydrogen) atoms. The zero-order chi connectivity index (χ0) is 17.4. The monoisotopic (exact) mass is 327 g/mol. The Kier molecular flexibility index (Phi) is 6.78. The molecule has 2 rings (SSSR count). The number of aliphatic hydroxyl groups is 1. The van der Waals surface area contributed by atoms with Gasteiger partial charge in [-0.15, -0.1) is 0 Å². The number of hydrogen-bond donors (Lipinski definition) is 3. The Balaban J connectivity index is 1.83. The average Bonchev–Trinajstić information content (AvgIpc) is 2.58. The van der Waals surface area contributed by atoms with Gasteiger partial charge in [-0.3, -0.25) is 0 Å². The molecule has 0 fully saturated rings. The van der Waals surface area contributed by atoms with E-state index < -0.39 is 0 Å². The smallest absolute Gasteiger partial charge is 0.315 e. The second-order valence-corrected chi connectivity index (χ2v) is 6.02. The maximum atomic E-state index is 12.0. The minimum absolute atomic E-state index is 0.0296. The fourth-order valence-electron chi connectivity index (χ4n) is 2.51. The van der Waals surface area contributed by atoms with Crippen molar-refractivity contribution in [1.29, 1.82) is 0 Å². The molecule has 5 nitrogen and oxygen atoms in total. The maximum absolute atomic E-state index is 12.0. The van der Waals surface area contributed by atoms with Crippen LogP contribution in [0.5, 0.6) is 0 Å². The minimum Gasteiger partial charge on any atom is -0.392 e. The SMILES string of the molecule is CN(C)Cc1cccc(CNC(=O)NCc2ccccc2CO)c1. The van der Waals surface area contributed by atoms with Gasteiger partial charge in [0.1, 0.15) is 0 Å². The van der Waals surface area contributed by atoms with E-state index in [1.54, 1.807) is 0 Å². The fraction of sp³-hybridized carbons (Fsp3) is 0.316. The molecule has 128 valence electrons. The van der Waals surface area contributed by atoms with Crippen molar-refractivity contribution in [1.82, 2.24) is 15.5 Å². The Morgan fingerprint density at radius 2 is 1.62 bits per heavy atom. The zero-order valence-electron chi connectivity index (χ0n) is 14.2. The standard InChI is InChI=1S/C19H25N3O2/c1-22(2)13-16-7-5-6-15(10-16)11-20-19(24)21-12-17-8-3-4-9-18(17)14-23/h3-10,23H,11-14H2,1-2H3,(H2,20,21,24). The van der Waals surface area contributed by atoms with Gasteiger partial charge in [-0.25, -0.2) is 4.79 Å². The summed E-state index contributed by atoms with van der Waals surface area (Å²) in [5.41, 5.74) is 4.04. The molecule has 2 amide bonds. The highest BCUT2D eigenvalue weighted by Gasteiger charge is 2.04. The number of carbonyl (C=O) groups is 1. The lowest BCUT2D eigenvalue weighted by molar-refractivity contribution is 0.239. The van der Waals surface area contributed by atoms with Crippen molar-refractivity contribution in [3.8, 4) is 0 Å². The minimum atomic E-state index is -0.222. The number of aliphatic hydroxyl groups excluding tert-OH is 1. The van der Waals surface area contributed by atoms with Gasteiger partial charge in [0.05, 0.1) is 6.61 Å². The Labute approximate surface area is 143 Å². The molecule has 0 heterocycles. The first-order valence-corrected chi connectivity index (χ1v) is 8.00. The highest BCUT2D eigenvalue weighted by molar-refractivity contribution is 5.73. The van der Waals surface area contributed by atoms with E-state index in [4.69, 9.17) is 0 Å². The largest absolute Gasteiger partial charge is 0.392 e. The zero-order valence-corrected chi connectivity index (χ0v) is 14.2. The summed E-state index contributed by atoms with van der Waals surface area (Å²) in [7, 11) is 4.06. The molecule has 0 atom stereocenters. The molecule has 0 aromatic heterocycles. The van der Waals surface area contributed by atoms with E-state index in [1.165, 1.54) is 5.56 Å². The number of benzene rings is 2. The number of hydrogen-bond acceptors (Lipinski definition) is 3. The van der Waals surface area contributed by atoms with Crippen LogP contribution in [0.4, 0.5) is 4.79 Å². The van der Waals surface area contributed by atoms with Crippen molar-refractivity contribution in [3.63, 3.8) is 0 Å². The summed E-state index contributed by atoms with van der Waals surface area (Å²) in [6.07, 6.45) is 0. The number of nitrogens with zero attached hydrogens (tertiary/aromatic N) is 1. The van der Waals surface area contributed by atoms with Crippen LogP contribution in [0.1, 0.15) is 22.3 Å². The summed E-state index contributed by atoms with van der Waals surface area (Å²) >= 11 is 0. The third-order valence-electron chi connectivity index (χ3n) is 3.67. The summed E-state index contributed by atoms with van der Waals surface area (Å²) < 4.78 is 0. The molecule has 0 unspecified atom stereocenters. The third-order valence-corrected chi connectivity index (χ3v) is 3.67. The van der Waals surface area contributed by atoms with Crippen LogP contribution in [0.25, 0.3) is 0 Å². The first-order chi connectivity index (χ1) is 11.6.